The second-order valence-corrected chi connectivity index (χ2v) is 8.51. The average molecular weight is 421 g/mol. The number of hydrogen-bond donors (Lipinski definition) is 0. The van der Waals surface area contributed by atoms with Crippen LogP contribution in [0, 0.1) is 5.82 Å². The van der Waals surface area contributed by atoms with Crippen LogP contribution in [0.1, 0.15) is 30.3 Å². The van der Waals surface area contributed by atoms with E-state index in [4.69, 9.17) is 9.26 Å². The molecule has 1 aromatic carbocycles. The number of sulfonamides is 1. The van der Waals surface area contributed by atoms with E-state index in [1.807, 2.05) is 6.92 Å². The van der Waals surface area contributed by atoms with Gasteiger partial charge in [0.2, 0.25) is 10.0 Å². The van der Waals surface area contributed by atoms with E-state index in [2.05, 4.69) is 15.2 Å². The molecule has 0 spiro atoms. The summed E-state index contributed by atoms with van der Waals surface area (Å²) in [6, 6.07) is 6.35. The van der Waals surface area contributed by atoms with Crippen molar-refractivity contribution < 1.29 is 22.1 Å². The van der Waals surface area contributed by atoms with E-state index in [9.17, 15) is 12.8 Å². The van der Waals surface area contributed by atoms with Gasteiger partial charge in [0.25, 0.3) is 5.89 Å². The lowest BCUT2D eigenvalue weighted by Crippen LogP contribution is -2.42. The third-order valence-corrected chi connectivity index (χ3v) is 6.48. The summed E-state index contributed by atoms with van der Waals surface area (Å²) in [6.07, 6.45) is 2.31. The van der Waals surface area contributed by atoms with Crippen LogP contribution in [0.4, 0.5) is 4.39 Å². The minimum atomic E-state index is -3.71. The second kappa shape index (κ2) is 8.01. The van der Waals surface area contributed by atoms with Crippen LogP contribution in [0.5, 0.6) is 0 Å². The zero-order valence-corrected chi connectivity index (χ0v) is 16.5. The summed E-state index contributed by atoms with van der Waals surface area (Å²) in [5.41, 5.74) is 0.446. The van der Waals surface area contributed by atoms with Gasteiger partial charge in [-0.25, -0.2) is 12.8 Å². The number of aromatic nitrogens is 4. The third kappa shape index (κ3) is 4.07. The molecule has 1 aliphatic rings. The summed E-state index contributed by atoms with van der Waals surface area (Å²) in [5.74, 6) is 0.121. The van der Waals surface area contributed by atoms with Gasteiger partial charge in [0.15, 0.2) is 11.9 Å². The van der Waals surface area contributed by atoms with Crippen molar-refractivity contribution in [3.05, 3.63) is 59.8 Å². The molecule has 9 nitrogen and oxygen atoms in total. The number of nitrogens with zero attached hydrogens (tertiary/aromatic N) is 5. The van der Waals surface area contributed by atoms with Gasteiger partial charge in [-0.1, -0.05) is 23.4 Å². The Balaban J connectivity index is 1.49. The normalized spacial score (nSPS) is 18.2. The largest absolute Gasteiger partial charge is 0.366 e. The minimum absolute atomic E-state index is 0.0426. The van der Waals surface area contributed by atoms with Crippen molar-refractivity contribution in [1.82, 2.24) is 24.2 Å². The molecule has 0 amide bonds. The summed E-state index contributed by atoms with van der Waals surface area (Å²) in [4.78, 5) is 4.40. The number of benzene rings is 1. The molecule has 1 atom stereocenters. The van der Waals surface area contributed by atoms with E-state index in [0.29, 0.717) is 17.9 Å². The van der Waals surface area contributed by atoms with E-state index < -0.39 is 16.1 Å². The van der Waals surface area contributed by atoms with Gasteiger partial charge in [-0.2, -0.15) is 14.4 Å². The van der Waals surface area contributed by atoms with Crippen molar-refractivity contribution >= 4 is 10.0 Å². The second-order valence-electron chi connectivity index (χ2n) is 6.57. The number of morpholine rings is 1. The molecular formula is C18H20FN5O4S. The van der Waals surface area contributed by atoms with E-state index in [1.165, 1.54) is 22.8 Å². The molecule has 0 radical (unpaired) electrons. The molecule has 29 heavy (non-hydrogen) atoms. The number of halogens is 1. The summed E-state index contributed by atoms with van der Waals surface area (Å²) in [7, 11) is -3.71. The molecule has 1 aliphatic heterocycles. The van der Waals surface area contributed by atoms with Crippen LogP contribution in [-0.2, 0) is 27.7 Å². The SMILES string of the molecule is CCn1cc(S(=O)(=O)N2CCOC(c3nc(Cc4ccccc4F)no3)C2)cn1. The Kier molecular flexibility index (Phi) is 5.43. The maximum Gasteiger partial charge on any atom is 0.257 e. The highest BCUT2D eigenvalue weighted by Gasteiger charge is 2.34. The smallest absolute Gasteiger partial charge is 0.257 e. The number of aryl methyl sites for hydroxylation is 1. The van der Waals surface area contributed by atoms with Crippen LogP contribution in [0.2, 0.25) is 0 Å². The van der Waals surface area contributed by atoms with E-state index in [1.54, 1.807) is 22.9 Å². The van der Waals surface area contributed by atoms with Gasteiger partial charge in [0.1, 0.15) is 10.7 Å². The Morgan fingerprint density at radius 1 is 1.31 bits per heavy atom. The summed E-state index contributed by atoms with van der Waals surface area (Å²) in [5, 5.41) is 7.90. The fourth-order valence-corrected chi connectivity index (χ4v) is 4.46. The molecule has 0 saturated carbocycles. The predicted octanol–water partition coefficient (Wildman–Crippen LogP) is 1.78. The van der Waals surface area contributed by atoms with Crippen LogP contribution in [0.15, 0.2) is 46.1 Å². The molecule has 1 unspecified atom stereocenters. The zero-order valence-electron chi connectivity index (χ0n) is 15.7. The average Bonchev–Trinajstić information content (AvgIpc) is 3.40. The molecule has 0 bridgehead atoms. The first-order chi connectivity index (χ1) is 14.0. The molecule has 1 saturated heterocycles. The lowest BCUT2D eigenvalue weighted by atomic mass is 10.1. The lowest BCUT2D eigenvalue weighted by Gasteiger charge is -2.29. The lowest BCUT2D eigenvalue weighted by molar-refractivity contribution is -0.0199. The Bertz CT molecular complexity index is 1100. The maximum atomic E-state index is 13.8. The van der Waals surface area contributed by atoms with E-state index in [-0.39, 0.29) is 42.7 Å². The van der Waals surface area contributed by atoms with Crippen LogP contribution in [0.3, 0.4) is 0 Å². The van der Waals surface area contributed by atoms with Gasteiger partial charge in [-0.3, -0.25) is 4.68 Å². The Morgan fingerprint density at radius 3 is 2.90 bits per heavy atom. The van der Waals surface area contributed by atoms with Crippen molar-refractivity contribution in [3.8, 4) is 0 Å². The highest BCUT2D eigenvalue weighted by Crippen LogP contribution is 2.26. The van der Waals surface area contributed by atoms with Crippen molar-refractivity contribution in [2.45, 2.75) is 30.9 Å². The van der Waals surface area contributed by atoms with Crippen molar-refractivity contribution in [2.24, 2.45) is 0 Å². The highest BCUT2D eigenvalue weighted by molar-refractivity contribution is 7.89. The summed E-state index contributed by atoms with van der Waals surface area (Å²) < 4.78 is 53.4. The van der Waals surface area contributed by atoms with Crippen molar-refractivity contribution in [2.75, 3.05) is 19.7 Å². The Morgan fingerprint density at radius 2 is 2.14 bits per heavy atom. The molecular weight excluding hydrogens is 401 g/mol. The number of ether oxygens (including phenoxy) is 1. The topological polar surface area (TPSA) is 103 Å². The Labute approximate surface area is 167 Å². The van der Waals surface area contributed by atoms with Crippen LogP contribution in [-0.4, -0.2) is 52.3 Å². The van der Waals surface area contributed by atoms with Gasteiger partial charge in [-0.05, 0) is 18.6 Å². The fourth-order valence-electron chi connectivity index (χ4n) is 3.08. The summed E-state index contributed by atoms with van der Waals surface area (Å²) >= 11 is 0. The van der Waals surface area contributed by atoms with Gasteiger partial charge in [0, 0.05) is 32.3 Å². The van der Waals surface area contributed by atoms with Crippen LogP contribution >= 0.6 is 0 Å². The van der Waals surface area contributed by atoms with E-state index >= 15 is 0 Å². The molecule has 2 aromatic heterocycles. The van der Waals surface area contributed by atoms with Crippen LogP contribution in [0.25, 0.3) is 0 Å². The minimum Gasteiger partial charge on any atom is -0.366 e. The van der Waals surface area contributed by atoms with Gasteiger partial charge in [-0.15, -0.1) is 0 Å². The fraction of sp³-hybridized carbons (Fsp3) is 0.389. The molecule has 0 aliphatic carbocycles. The molecule has 154 valence electrons. The van der Waals surface area contributed by atoms with Crippen LogP contribution < -0.4 is 0 Å². The standard InChI is InChI=1S/C18H20FN5O4S/c1-2-23-11-14(10-20-23)29(25,26)24-7-8-27-16(12-24)18-21-17(22-28-18)9-13-5-3-4-6-15(13)19/h3-6,10-11,16H,2,7-9,12H2,1H3. The van der Waals surface area contributed by atoms with Gasteiger partial charge < -0.3 is 9.26 Å². The van der Waals surface area contributed by atoms with E-state index in [0.717, 1.165) is 0 Å². The first-order valence-electron chi connectivity index (χ1n) is 9.17. The van der Waals surface area contributed by atoms with Crippen molar-refractivity contribution in [1.29, 1.82) is 0 Å². The Hall–Kier alpha value is -2.63. The monoisotopic (exact) mass is 421 g/mol. The molecule has 1 fully saturated rings. The quantitative estimate of drug-likeness (QED) is 0.598. The highest BCUT2D eigenvalue weighted by atomic mass is 32.2. The molecule has 0 N–H and O–H groups in total. The van der Waals surface area contributed by atoms with Crippen molar-refractivity contribution in [3.63, 3.8) is 0 Å². The molecule has 3 heterocycles. The molecule has 4 rings (SSSR count). The molecule has 3 aromatic rings. The predicted molar refractivity (Wildman–Crippen MR) is 98.9 cm³/mol. The first kappa shape index (κ1) is 19.7. The molecule has 11 heteroatoms. The zero-order chi connectivity index (χ0) is 20.4. The van der Waals surface area contributed by atoms with Gasteiger partial charge >= 0.3 is 0 Å². The summed E-state index contributed by atoms with van der Waals surface area (Å²) in [6.45, 7) is 2.90. The maximum absolute atomic E-state index is 13.8. The number of hydrogen-bond acceptors (Lipinski definition) is 7. The van der Waals surface area contributed by atoms with Gasteiger partial charge in [0.05, 0.1) is 12.8 Å². The number of rotatable bonds is 6. The first-order valence-corrected chi connectivity index (χ1v) is 10.6. The third-order valence-electron chi connectivity index (χ3n) is 4.67.